The molecule has 0 spiro atoms. The van der Waals surface area contributed by atoms with Gasteiger partial charge in [-0.3, -0.25) is 4.79 Å². The van der Waals surface area contributed by atoms with E-state index in [1.807, 2.05) is 13.8 Å². The maximum Gasteiger partial charge on any atom is 0.251 e. The summed E-state index contributed by atoms with van der Waals surface area (Å²) in [7, 11) is 0. The molecule has 1 atom stereocenters. The van der Waals surface area contributed by atoms with E-state index >= 15 is 0 Å². The van der Waals surface area contributed by atoms with Crippen LogP contribution in [-0.2, 0) is 0 Å². The van der Waals surface area contributed by atoms with E-state index in [0.717, 1.165) is 12.1 Å². The molecule has 0 bridgehead atoms. The maximum atomic E-state index is 12.9. The van der Waals surface area contributed by atoms with Gasteiger partial charge in [0.25, 0.3) is 5.91 Å². The van der Waals surface area contributed by atoms with Gasteiger partial charge in [-0.25, -0.2) is 8.78 Å². The molecule has 1 unspecified atom stereocenters. The summed E-state index contributed by atoms with van der Waals surface area (Å²) < 4.78 is 25.8. The Morgan fingerprint density at radius 1 is 1.33 bits per heavy atom. The summed E-state index contributed by atoms with van der Waals surface area (Å²) >= 11 is 0. The quantitative estimate of drug-likeness (QED) is 0.867. The molecule has 5 heteroatoms. The van der Waals surface area contributed by atoms with Gasteiger partial charge in [0, 0.05) is 18.2 Å². The van der Waals surface area contributed by atoms with Gasteiger partial charge in [-0.1, -0.05) is 13.8 Å². The van der Waals surface area contributed by atoms with Gasteiger partial charge in [0.05, 0.1) is 5.60 Å². The molecule has 0 aromatic heterocycles. The van der Waals surface area contributed by atoms with E-state index in [0.29, 0.717) is 6.07 Å². The van der Waals surface area contributed by atoms with Gasteiger partial charge >= 0.3 is 0 Å². The molecule has 1 amide bonds. The van der Waals surface area contributed by atoms with Crippen LogP contribution in [-0.4, -0.2) is 23.2 Å². The average molecular weight is 257 g/mol. The summed E-state index contributed by atoms with van der Waals surface area (Å²) in [5.41, 5.74) is -1.17. The molecular weight excluding hydrogens is 240 g/mol. The second-order valence-corrected chi connectivity index (χ2v) is 4.85. The predicted octanol–water partition coefficient (Wildman–Crippen LogP) is 2.10. The van der Waals surface area contributed by atoms with Crippen LogP contribution in [0.1, 0.15) is 31.1 Å². The third kappa shape index (κ3) is 3.77. The van der Waals surface area contributed by atoms with Crippen LogP contribution in [0.4, 0.5) is 8.78 Å². The van der Waals surface area contributed by atoms with Crippen molar-refractivity contribution in [3.63, 3.8) is 0 Å². The summed E-state index contributed by atoms with van der Waals surface area (Å²) in [6.07, 6.45) is 0. The highest BCUT2D eigenvalue weighted by molar-refractivity contribution is 5.94. The number of halogens is 2. The summed E-state index contributed by atoms with van der Waals surface area (Å²) in [5.74, 6) is -2.29. The minimum atomic E-state index is -1.07. The minimum Gasteiger partial charge on any atom is -0.388 e. The first-order chi connectivity index (χ1) is 8.22. The molecule has 100 valence electrons. The van der Waals surface area contributed by atoms with E-state index in [4.69, 9.17) is 0 Å². The zero-order chi connectivity index (χ0) is 13.9. The van der Waals surface area contributed by atoms with Crippen LogP contribution in [0.3, 0.4) is 0 Å². The van der Waals surface area contributed by atoms with Crippen molar-refractivity contribution in [3.8, 4) is 0 Å². The molecule has 0 saturated carbocycles. The minimum absolute atomic E-state index is 0.0155. The van der Waals surface area contributed by atoms with E-state index in [2.05, 4.69) is 5.32 Å². The second kappa shape index (κ2) is 5.44. The number of hydrogen-bond acceptors (Lipinski definition) is 2. The maximum absolute atomic E-state index is 12.9. The molecule has 1 aromatic carbocycles. The first kappa shape index (κ1) is 14.6. The molecule has 0 heterocycles. The van der Waals surface area contributed by atoms with Crippen LogP contribution in [0.2, 0.25) is 0 Å². The van der Waals surface area contributed by atoms with Gasteiger partial charge in [0.1, 0.15) is 11.6 Å². The molecule has 0 saturated heterocycles. The Bertz CT molecular complexity index is 424. The fraction of sp³-hybridized carbons (Fsp3) is 0.462. The van der Waals surface area contributed by atoms with E-state index in [1.165, 1.54) is 0 Å². The van der Waals surface area contributed by atoms with Crippen LogP contribution in [0.5, 0.6) is 0 Å². The second-order valence-electron chi connectivity index (χ2n) is 4.85. The van der Waals surface area contributed by atoms with E-state index in [-0.39, 0.29) is 18.0 Å². The Kier molecular flexibility index (Phi) is 4.40. The Morgan fingerprint density at radius 3 is 2.28 bits per heavy atom. The topological polar surface area (TPSA) is 49.3 Å². The normalized spacial score (nSPS) is 14.4. The Labute approximate surface area is 105 Å². The van der Waals surface area contributed by atoms with Gasteiger partial charge in [-0.2, -0.15) is 0 Å². The summed E-state index contributed by atoms with van der Waals surface area (Å²) in [6.45, 7) is 5.23. The molecule has 3 nitrogen and oxygen atoms in total. The number of hydrogen-bond donors (Lipinski definition) is 2. The number of nitrogens with one attached hydrogen (secondary N) is 1. The highest BCUT2D eigenvalue weighted by Crippen LogP contribution is 2.15. The SMILES string of the molecule is CC(C)C(C)(O)CNC(=O)c1cc(F)cc(F)c1. The molecule has 0 aliphatic heterocycles. The lowest BCUT2D eigenvalue weighted by Crippen LogP contribution is -2.44. The number of carbonyl (C=O) groups is 1. The van der Waals surface area contributed by atoms with Crippen molar-refractivity contribution in [1.29, 1.82) is 0 Å². The molecule has 1 rings (SSSR count). The van der Waals surface area contributed by atoms with Crippen molar-refractivity contribution in [2.45, 2.75) is 26.4 Å². The van der Waals surface area contributed by atoms with Gasteiger partial charge in [0.2, 0.25) is 0 Å². The lowest BCUT2D eigenvalue weighted by atomic mass is 9.92. The lowest BCUT2D eigenvalue weighted by Gasteiger charge is -2.27. The molecule has 18 heavy (non-hydrogen) atoms. The van der Waals surface area contributed by atoms with E-state index in [1.54, 1.807) is 6.92 Å². The third-order valence-electron chi connectivity index (χ3n) is 2.98. The van der Waals surface area contributed by atoms with E-state index in [9.17, 15) is 18.7 Å². The average Bonchev–Trinajstić information content (AvgIpc) is 2.24. The molecule has 0 aliphatic carbocycles. The van der Waals surface area contributed by atoms with Crippen molar-refractivity contribution in [1.82, 2.24) is 5.32 Å². The fourth-order valence-electron chi connectivity index (χ4n) is 1.25. The van der Waals surface area contributed by atoms with Gasteiger partial charge < -0.3 is 10.4 Å². The predicted molar refractivity (Wildman–Crippen MR) is 64.2 cm³/mol. The van der Waals surface area contributed by atoms with Crippen molar-refractivity contribution in [2.24, 2.45) is 5.92 Å². The number of aliphatic hydroxyl groups is 1. The summed E-state index contributed by atoms with van der Waals surface area (Å²) in [5, 5.41) is 12.4. The zero-order valence-electron chi connectivity index (χ0n) is 10.6. The molecule has 0 fully saturated rings. The summed E-state index contributed by atoms with van der Waals surface area (Å²) in [6, 6.07) is 2.59. The first-order valence-electron chi connectivity index (χ1n) is 5.69. The lowest BCUT2D eigenvalue weighted by molar-refractivity contribution is 0.0142. The Balaban J connectivity index is 2.72. The van der Waals surface area contributed by atoms with Crippen LogP contribution in [0.15, 0.2) is 18.2 Å². The van der Waals surface area contributed by atoms with E-state index < -0.39 is 23.1 Å². The molecule has 1 aromatic rings. The van der Waals surface area contributed by atoms with Crippen molar-refractivity contribution in [2.75, 3.05) is 6.54 Å². The number of amides is 1. The van der Waals surface area contributed by atoms with Crippen LogP contribution >= 0.6 is 0 Å². The van der Waals surface area contributed by atoms with Crippen molar-refractivity contribution >= 4 is 5.91 Å². The van der Waals surface area contributed by atoms with Crippen molar-refractivity contribution in [3.05, 3.63) is 35.4 Å². The smallest absolute Gasteiger partial charge is 0.251 e. The van der Waals surface area contributed by atoms with Crippen LogP contribution in [0, 0.1) is 17.6 Å². The molecular formula is C13H17F2NO2. The highest BCUT2D eigenvalue weighted by Gasteiger charge is 2.25. The highest BCUT2D eigenvalue weighted by atomic mass is 19.1. The monoisotopic (exact) mass is 257 g/mol. The largest absolute Gasteiger partial charge is 0.388 e. The number of carbonyl (C=O) groups excluding carboxylic acids is 1. The number of rotatable bonds is 4. The third-order valence-corrected chi connectivity index (χ3v) is 2.98. The van der Waals surface area contributed by atoms with Gasteiger partial charge in [-0.15, -0.1) is 0 Å². The van der Waals surface area contributed by atoms with Gasteiger partial charge in [-0.05, 0) is 25.0 Å². The van der Waals surface area contributed by atoms with Crippen LogP contribution < -0.4 is 5.32 Å². The summed E-state index contributed by atoms with van der Waals surface area (Å²) in [4.78, 5) is 11.7. The van der Waals surface area contributed by atoms with Gasteiger partial charge in [0.15, 0.2) is 0 Å². The standard InChI is InChI=1S/C13H17F2NO2/c1-8(2)13(3,18)7-16-12(17)9-4-10(14)6-11(15)5-9/h4-6,8,18H,7H2,1-3H3,(H,16,17). The van der Waals surface area contributed by atoms with Crippen LogP contribution in [0.25, 0.3) is 0 Å². The molecule has 0 aliphatic rings. The molecule has 2 N–H and O–H groups in total. The Hall–Kier alpha value is -1.49. The van der Waals surface area contributed by atoms with Crippen molar-refractivity contribution < 1.29 is 18.7 Å². The molecule has 0 radical (unpaired) electrons. The fourth-order valence-corrected chi connectivity index (χ4v) is 1.25. The Morgan fingerprint density at radius 2 is 1.83 bits per heavy atom. The zero-order valence-corrected chi connectivity index (χ0v) is 10.6. The number of benzene rings is 1. The first-order valence-corrected chi connectivity index (χ1v) is 5.69.